The highest BCUT2D eigenvalue weighted by Crippen LogP contribution is 2.21. The average Bonchev–Trinajstić information content (AvgIpc) is 3.31. The van der Waals surface area contributed by atoms with Crippen LogP contribution in [0.3, 0.4) is 0 Å². The summed E-state index contributed by atoms with van der Waals surface area (Å²) in [7, 11) is 1.67. The minimum absolute atomic E-state index is 0.00457. The van der Waals surface area contributed by atoms with Gasteiger partial charge < -0.3 is 14.6 Å². The molecule has 7 nitrogen and oxygen atoms in total. The van der Waals surface area contributed by atoms with E-state index in [1.54, 1.807) is 7.11 Å². The van der Waals surface area contributed by atoms with Crippen molar-refractivity contribution in [2.24, 2.45) is 5.92 Å². The first kappa shape index (κ1) is 23.0. The molecule has 3 aromatic rings. The van der Waals surface area contributed by atoms with Gasteiger partial charge in [-0.25, -0.2) is 0 Å². The number of amides is 1. The van der Waals surface area contributed by atoms with Crippen molar-refractivity contribution >= 4 is 5.91 Å². The van der Waals surface area contributed by atoms with Gasteiger partial charge in [0.05, 0.1) is 19.6 Å². The van der Waals surface area contributed by atoms with Crippen LogP contribution in [0.15, 0.2) is 53.1 Å². The summed E-state index contributed by atoms with van der Waals surface area (Å²) < 4.78 is 10.7. The van der Waals surface area contributed by atoms with Gasteiger partial charge in [0.1, 0.15) is 5.75 Å². The number of hydrogen-bond donors (Lipinski definition) is 1. The van der Waals surface area contributed by atoms with E-state index >= 15 is 0 Å². The molecular weight excluding hydrogens is 416 g/mol. The molecule has 2 heterocycles. The van der Waals surface area contributed by atoms with Crippen LogP contribution in [0, 0.1) is 12.8 Å². The zero-order chi connectivity index (χ0) is 23.0. The number of ether oxygens (including phenoxy) is 1. The van der Waals surface area contributed by atoms with E-state index in [4.69, 9.17) is 9.26 Å². The molecule has 1 amide bonds. The maximum absolute atomic E-state index is 12.7. The van der Waals surface area contributed by atoms with E-state index in [9.17, 15) is 4.79 Å². The molecule has 1 saturated heterocycles. The van der Waals surface area contributed by atoms with E-state index < -0.39 is 0 Å². The zero-order valence-electron chi connectivity index (χ0n) is 19.4. The van der Waals surface area contributed by atoms with Crippen LogP contribution in [0.2, 0.25) is 0 Å². The van der Waals surface area contributed by atoms with Crippen molar-refractivity contribution in [1.29, 1.82) is 0 Å². The van der Waals surface area contributed by atoms with Crippen molar-refractivity contribution in [2.45, 2.75) is 39.2 Å². The van der Waals surface area contributed by atoms with Gasteiger partial charge in [-0.3, -0.25) is 9.69 Å². The van der Waals surface area contributed by atoms with Crippen molar-refractivity contribution in [1.82, 2.24) is 20.4 Å². The SMILES string of the molecule is COc1cccc(CCCNC(=O)C2CCCN(Cc3nc(-c4ccc(C)cc4)no3)C2)c1. The summed E-state index contributed by atoms with van der Waals surface area (Å²) in [4.78, 5) is 19.5. The molecule has 2 aromatic carbocycles. The Kier molecular flexibility index (Phi) is 7.73. The highest BCUT2D eigenvalue weighted by atomic mass is 16.5. The number of nitrogens with one attached hydrogen (secondary N) is 1. The normalized spacial score (nSPS) is 16.5. The second kappa shape index (κ2) is 11.1. The number of benzene rings is 2. The van der Waals surface area contributed by atoms with Gasteiger partial charge >= 0.3 is 0 Å². The Balaban J connectivity index is 1.22. The first-order valence-corrected chi connectivity index (χ1v) is 11.6. The topological polar surface area (TPSA) is 80.5 Å². The van der Waals surface area contributed by atoms with Crippen LogP contribution < -0.4 is 10.1 Å². The van der Waals surface area contributed by atoms with Crippen LogP contribution in [0.5, 0.6) is 5.75 Å². The highest BCUT2D eigenvalue weighted by molar-refractivity contribution is 5.78. The molecule has 1 aromatic heterocycles. The Bertz CT molecular complexity index is 1050. The first-order chi connectivity index (χ1) is 16.1. The Hall–Kier alpha value is -3.19. The van der Waals surface area contributed by atoms with Crippen LogP contribution >= 0.6 is 0 Å². The average molecular weight is 449 g/mol. The van der Waals surface area contributed by atoms with Crippen LogP contribution in [-0.2, 0) is 17.8 Å². The Labute approximate surface area is 195 Å². The van der Waals surface area contributed by atoms with E-state index in [0.717, 1.165) is 43.5 Å². The smallest absolute Gasteiger partial charge is 0.241 e. The second-order valence-corrected chi connectivity index (χ2v) is 8.70. The molecule has 1 aliphatic rings. The Morgan fingerprint density at radius 3 is 2.91 bits per heavy atom. The fraction of sp³-hybridized carbons (Fsp3) is 0.423. The number of rotatable bonds is 9. The fourth-order valence-corrected chi connectivity index (χ4v) is 4.22. The summed E-state index contributed by atoms with van der Waals surface area (Å²) in [5.41, 5.74) is 3.36. The van der Waals surface area contributed by atoms with Crippen molar-refractivity contribution in [3.63, 3.8) is 0 Å². The lowest BCUT2D eigenvalue weighted by molar-refractivity contribution is -0.126. The summed E-state index contributed by atoms with van der Waals surface area (Å²) in [6, 6.07) is 16.1. The third kappa shape index (κ3) is 6.42. The maximum atomic E-state index is 12.7. The molecule has 1 unspecified atom stereocenters. The standard InChI is InChI=1S/C26H32N4O3/c1-19-10-12-21(13-11-19)25-28-24(33-29-25)18-30-15-5-8-22(17-30)26(31)27-14-4-7-20-6-3-9-23(16-20)32-2/h3,6,9-13,16,22H,4-5,7-8,14-15,17-18H2,1-2H3,(H,27,31). The molecule has 1 atom stereocenters. The summed E-state index contributed by atoms with van der Waals surface area (Å²) in [5, 5.41) is 7.24. The molecule has 7 heteroatoms. The molecular formula is C26H32N4O3. The Morgan fingerprint density at radius 1 is 1.24 bits per heavy atom. The minimum atomic E-state index is -0.00457. The van der Waals surface area contributed by atoms with Crippen molar-refractivity contribution in [3.8, 4) is 17.1 Å². The molecule has 174 valence electrons. The lowest BCUT2D eigenvalue weighted by atomic mass is 9.97. The van der Waals surface area contributed by atoms with Gasteiger partial charge in [0.15, 0.2) is 0 Å². The number of aryl methyl sites for hydroxylation is 2. The third-order valence-corrected chi connectivity index (χ3v) is 6.09. The number of aromatic nitrogens is 2. The molecule has 0 spiro atoms. The number of hydrogen-bond acceptors (Lipinski definition) is 6. The van der Waals surface area contributed by atoms with Crippen LogP contribution in [-0.4, -0.2) is 47.7 Å². The van der Waals surface area contributed by atoms with Gasteiger partial charge in [-0.2, -0.15) is 4.98 Å². The molecule has 33 heavy (non-hydrogen) atoms. The van der Waals surface area contributed by atoms with E-state index in [1.165, 1.54) is 11.1 Å². The number of carbonyl (C=O) groups excluding carboxylic acids is 1. The van der Waals surface area contributed by atoms with Gasteiger partial charge in [-0.05, 0) is 56.8 Å². The summed E-state index contributed by atoms with van der Waals surface area (Å²) >= 11 is 0. The summed E-state index contributed by atoms with van der Waals surface area (Å²) in [6.07, 6.45) is 3.71. The molecule has 0 bridgehead atoms. The van der Waals surface area contributed by atoms with Gasteiger partial charge in [0, 0.05) is 18.7 Å². The van der Waals surface area contributed by atoms with Gasteiger partial charge in [-0.1, -0.05) is 47.1 Å². The number of methoxy groups -OCH3 is 1. The first-order valence-electron chi connectivity index (χ1n) is 11.6. The largest absolute Gasteiger partial charge is 0.497 e. The molecule has 1 N–H and O–H groups in total. The van der Waals surface area contributed by atoms with Crippen LogP contribution in [0.1, 0.15) is 36.3 Å². The minimum Gasteiger partial charge on any atom is -0.497 e. The van der Waals surface area contributed by atoms with Crippen molar-refractivity contribution in [2.75, 3.05) is 26.7 Å². The van der Waals surface area contributed by atoms with Crippen LogP contribution in [0.25, 0.3) is 11.4 Å². The second-order valence-electron chi connectivity index (χ2n) is 8.70. The molecule has 4 rings (SSSR count). The predicted octanol–water partition coefficient (Wildman–Crippen LogP) is 4.01. The highest BCUT2D eigenvalue weighted by Gasteiger charge is 2.26. The summed E-state index contributed by atoms with van der Waals surface area (Å²) in [5.74, 6) is 2.19. The van der Waals surface area contributed by atoms with Gasteiger partial charge in [0.2, 0.25) is 17.6 Å². The molecule has 0 aliphatic carbocycles. The summed E-state index contributed by atoms with van der Waals surface area (Å²) in [6.45, 7) is 4.94. The van der Waals surface area contributed by atoms with Gasteiger partial charge in [0.25, 0.3) is 0 Å². The number of carbonyl (C=O) groups is 1. The zero-order valence-corrected chi connectivity index (χ0v) is 19.4. The van der Waals surface area contributed by atoms with Crippen LogP contribution in [0.4, 0.5) is 0 Å². The molecule has 1 aliphatic heterocycles. The Morgan fingerprint density at radius 2 is 2.09 bits per heavy atom. The van der Waals surface area contributed by atoms with Crippen molar-refractivity contribution in [3.05, 3.63) is 65.5 Å². The number of nitrogens with zero attached hydrogens (tertiary/aromatic N) is 3. The fourth-order valence-electron chi connectivity index (χ4n) is 4.22. The number of likely N-dealkylation sites (tertiary alicyclic amines) is 1. The van der Waals surface area contributed by atoms with E-state index in [-0.39, 0.29) is 11.8 Å². The lowest BCUT2D eigenvalue weighted by Crippen LogP contribution is -2.43. The van der Waals surface area contributed by atoms with E-state index in [1.807, 2.05) is 42.5 Å². The van der Waals surface area contributed by atoms with E-state index in [0.29, 0.717) is 31.3 Å². The lowest BCUT2D eigenvalue weighted by Gasteiger charge is -2.30. The van der Waals surface area contributed by atoms with Crippen molar-refractivity contribution < 1.29 is 14.1 Å². The maximum Gasteiger partial charge on any atom is 0.241 e. The monoisotopic (exact) mass is 448 g/mol. The van der Waals surface area contributed by atoms with E-state index in [2.05, 4.69) is 33.3 Å². The molecule has 0 saturated carbocycles. The predicted molar refractivity (Wildman–Crippen MR) is 127 cm³/mol. The number of piperidine rings is 1. The quantitative estimate of drug-likeness (QED) is 0.498. The molecule has 0 radical (unpaired) electrons. The third-order valence-electron chi connectivity index (χ3n) is 6.09. The molecule has 1 fully saturated rings. The van der Waals surface area contributed by atoms with Gasteiger partial charge in [-0.15, -0.1) is 0 Å².